The van der Waals surface area contributed by atoms with E-state index in [2.05, 4.69) is 0 Å². The summed E-state index contributed by atoms with van der Waals surface area (Å²) in [6.45, 7) is -1.37. The minimum Gasteiger partial charge on any atom is -0.504 e. The van der Waals surface area contributed by atoms with Gasteiger partial charge in [0.25, 0.3) is 0 Å². The zero-order valence-corrected chi connectivity index (χ0v) is 17.5. The fourth-order valence-electron chi connectivity index (χ4n) is 3.70. The summed E-state index contributed by atoms with van der Waals surface area (Å²) in [4.78, 5) is 0. The highest BCUT2D eigenvalue weighted by atomic mass is 16.7. The number of phenols is 2. The molecule has 2 fully saturated rings. The first-order valence-corrected chi connectivity index (χ1v) is 10.4. The third-order valence-electron chi connectivity index (χ3n) is 5.67. The predicted octanol–water partition coefficient (Wildman–Crippen LogP) is -3.72. The minimum absolute atomic E-state index is 0.0209. The molecule has 2 aliphatic heterocycles. The van der Waals surface area contributed by atoms with Crippen LogP contribution in [0.2, 0.25) is 0 Å². The summed E-state index contributed by atoms with van der Waals surface area (Å²) >= 11 is 0. The van der Waals surface area contributed by atoms with Gasteiger partial charge in [-0.25, -0.2) is 0 Å². The number of rotatable bonds is 8. The molecule has 2 aliphatic rings. The van der Waals surface area contributed by atoms with E-state index in [0.29, 0.717) is 5.56 Å². The van der Waals surface area contributed by atoms with Crippen LogP contribution in [0, 0.1) is 0 Å². The van der Waals surface area contributed by atoms with Gasteiger partial charge in [0.1, 0.15) is 48.8 Å². The zero-order valence-electron chi connectivity index (χ0n) is 17.5. The second-order valence-electron chi connectivity index (χ2n) is 7.95. The molecule has 0 spiro atoms. The third-order valence-corrected chi connectivity index (χ3v) is 5.67. The predicted molar refractivity (Wildman–Crippen MR) is 106 cm³/mol. The second kappa shape index (κ2) is 11.2. The SMILES string of the molecule is OC[C@@H]1O[C@@H](O[C@@H]2[C@@H](O)[C@@H](OCCc3ccc(O)c(O)c3)O[C@@H](CO)[C@H]2O)[C@H](O)[C@@H](O)[C@@H]1O. The Hall–Kier alpha value is -1.62. The zero-order chi connectivity index (χ0) is 24.3. The monoisotopic (exact) mass is 478 g/mol. The number of aliphatic hydroxyl groups is 7. The van der Waals surface area contributed by atoms with Crippen molar-refractivity contribution in [3.63, 3.8) is 0 Å². The molecule has 1 aromatic rings. The maximum absolute atomic E-state index is 10.7. The van der Waals surface area contributed by atoms with Gasteiger partial charge in [0, 0.05) is 0 Å². The molecule has 9 N–H and O–H groups in total. The van der Waals surface area contributed by atoms with Gasteiger partial charge < -0.3 is 64.9 Å². The average Bonchev–Trinajstić information content (AvgIpc) is 2.80. The molecule has 2 heterocycles. The molecule has 3 rings (SSSR count). The van der Waals surface area contributed by atoms with E-state index in [1.54, 1.807) is 6.07 Å². The molecule has 0 aliphatic carbocycles. The standard InChI is InChI=1S/C20H30O13/c21-6-11-13(25)15(27)16(28)20(32-11)33-18-14(26)12(7-22)31-19(17(18)29)30-4-3-8-1-2-9(23)10(24)5-8/h1-2,5,11-29H,3-4,6-7H2/t11-,12-,13+,14+,15-,16+,17+,18-,19-,20-/m0/s1. The van der Waals surface area contributed by atoms with E-state index in [-0.39, 0.29) is 24.5 Å². The number of aliphatic hydroxyl groups excluding tert-OH is 7. The second-order valence-corrected chi connectivity index (χ2v) is 7.95. The maximum atomic E-state index is 10.7. The number of hydrogen-bond acceptors (Lipinski definition) is 13. The molecule has 0 radical (unpaired) electrons. The largest absolute Gasteiger partial charge is 0.504 e. The van der Waals surface area contributed by atoms with Gasteiger partial charge in [0.15, 0.2) is 24.1 Å². The Morgan fingerprint density at radius 1 is 0.727 bits per heavy atom. The van der Waals surface area contributed by atoms with Crippen LogP contribution in [-0.4, -0.2) is 127 Å². The molecule has 0 amide bonds. The van der Waals surface area contributed by atoms with Crippen LogP contribution >= 0.6 is 0 Å². The summed E-state index contributed by atoms with van der Waals surface area (Å²) in [5.74, 6) is -0.587. The van der Waals surface area contributed by atoms with Crippen LogP contribution < -0.4 is 0 Å². The number of aromatic hydroxyl groups is 2. The van der Waals surface area contributed by atoms with Gasteiger partial charge in [-0.2, -0.15) is 0 Å². The molecule has 13 nitrogen and oxygen atoms in total. The quantitative estimate of drug-likeness (QED) is 0.164. The van der Waals surface area contributed by atoms with Crippen molar-refractivity contribution in [1.82, 2.24) is 0 Å². The van der Waals surface area contributed by atoms with E-state index < -0.39 is 74.6 Å². The average molecular weight is 478 g/mol. The van der Waals surface area contributed by atoms with Gasteiger partial charge >= 0.3 is 0 Å². The highest BCUT2D eigenvalue weighted by molar-refractivity contribution is 5.40. The molecule has 0 unspecified atom stereocenters. The van der Waals surface area contributed by atoms with Crippen molar-refractivity contribution in [2.75, 3.05) is 19.8 Å². The Morgan fingerprint density at radius 2 is 1.36 bits per heavy atom. The van der Waals surface area contributed by atoms with E-state index in [4.69, 9.17) is 18.9 Å². The lowest BCUT2D eigenvalue weighted by Gasteiger charge is -2.45. The lowest BCUT2D eigenvalue weighted by atomic mass is 9.97. The first-order chi connectivity index (χ1) is 15.7. The molecule has 0 bridgehead atoms. The van der Waals surface area contributed by atoms with Crippen molar-refractivity contribution in [2.45, 2.75) is 67.8 Å². The number of benzene rings is 1. The van der Waals surface area contributed by atoms with E-state index in [0.717, 1.165) is 0 Å². The highest BCUT2D eigenvalue weighted by Gasteiger charge is 2.50. The Bertz CT molecular complexity index is 761. The van der Waals surface area contributed by atoms with Crippen LogP contribution in [0.25, 0.3) is 0 Å². The molecule has 0 saturated carbocycles. The van der Waals surface area contributed by atoms with Crippen molar-refractivity contribution >= 4 is 0 Å². The van der Waals surface area contributed by atoms with Crippen LogP contribution in [0.1, 0.15) is 5.56 Å². The lowest BCUT2D eigenvalue weighted by molar-refractivity contribution is -0.360. The first-order valence-electron chi connectivity index (χ1n) is 10.4. The molecule has 188 valence electrons. The van der Waals surface area contributed by atoms with Crippen molar-refractivity contribution in [3.05, 3.63) is 23.8 Å². The smallest absolute Gasteiger partial charge is 0.187 e. The topological polar surface area (TPSA) is 219 Å². The van der Waals surface area contributed by atoms with Crippen molar-refractivity contribution < 1.29 is 64.9 Å². The Balaban J connectivity index is 1.66. The normalized spacial score (nSPS) is 39.5. The molecular formula is C20H30O13. The Kier molecular flexibility index (Phi) is 8.82. The molecule has 33 heavy (non-hydrogen) atoms. The maximum Gasteiger partial charge on any atom is 0.187 e. The lowest BCUT2D eigenvalue weighted by Crippen LogP contribution is -2.64. The highest BCUT2D eigenvalue weighted by Crippen LogP contribution is 2.30. The summed E-state index contributed by atoms with van der Waals surface area (Å²) < 4.78 is 21.7. The van der Waals surface area contributed by atoms with Crippen LogP contribution in [-0.2, 0) is 25.4 Å². The molecule has 0 aromatic heterocycles. The third kappa shape index (κ3) is 5.72. The summed E-state index contributed by atoms with van der Waals surface area (Å²) in [6.07, 6.45) is -15.0. The Morgan fingerprint density at radius 3 is 2.00 bits per heavy atom. The van der Waals surface area contributed by atoms with E-state index in [9.17, 15) is 46.0 Å². The number of hydrogen-bond donors (Lipinski definition) is 9. The number of phenolic OH excluding ortho intramolecular Hbond substituents is 2. The molecule has 13 heteroatoms. The fraction of sp³-hybridized carbons (Fsp3) is 0.700. The van der Waals surface area contributed by atoms with Crippen LogP contribution in [0.15, 0.2) is 18.2 Å². The van der Waals surface area contributed by atoms with Crippen LogP contribution in [0.3, 0.4) is 0 Å². The first kappa shape index (κ1) is 26.0. The van der Waals surface area contributed by atoms with Gasteiger partial charge in [-0.3, -0.25) is 0 Å². The van der Waals surface area contributed by atoms with Gasteiger partial charge in [0.2, 0.25) is 0 Å². The Labute approximate surface area is 188 Å². The van der Waals surface area contributed by atoms with Gasteiger partial charge in [-0.05, 0) is 24.1 Å². The van der Waals surface area contributed by atoms with Gasteiger partial charge in [-0.1, -0.05) is 6.07 Å². The van der Waals surface area contributed by atoms with Crippen molar-refractivity contribution in [1.29, 1.82) is 0 Å². The van der Waals surface area contributed by atoms with Crippen molar-refractivity contribution in [3.8, 4) is 11.5 Å². The fourth-order valence-corrected chi connectivity index (χ4v) is 3.70. The summed E-state index contributed by atoms with van der Waals surface area (Å²) in [5, 5.41) is 88.9. The molecule has 1 aromatic carbocycles. The summed E-state index contributed by atoms with van der Waals surface area (Å²) in [6, 6.07) is 4.20. The molecular weight excluding hydrogens is 448 g/mol. The van der Waals surface area contributed by atoms with Gasteiger partial charge in [0.05, 0.1) is 19.8 Å². The van der Waals surface area contributed by atoms with Gasteiger partial charge in [-0.15, -0.1) is 0 Å². The number of ether oxygens (including phenoxy) is 4. The van der Waals surface area contributed by atoms with Crippen LogP contribution in [0.4, 0.5) is 0 Å². The van der Waals surface area contributed by atoms with Crippen LogP contribution in [0.5, 0.6) is 11.5 Å². The summed E-state index contributed by atoms with van der Waals surface area (Å²) in [7, 11) is 0. The van der Waals surface area contributed by atoms with E-state index >= 15 is 0 Å². The molecule has 2 saturated heterocycles. The van der Waals surface area contributed by atoms with E-state index in [1.165, 1.54) is 12.1 Å². The molecule has 10 atom stereocenters. The van der Waals surface area contributed by atoms with Crippen molar-refractivity contribution in [2.24, 2.45) is 0 Å². The van der Waals surface area contributed by atoms with E-state index in [1.807, 2.05) is 0 Å². The summed E-state index contributed by atoms with van der Waals surface area (Å²) in [5.41, 5.74) is 0.614. The minimum atomic E-state index is -1.76.